The molecule has 0 spiro atoms. The van der Waals surface area contributed by atoms with E-state index in [1.807, 2.05) is 42.3 Å². The van der Waals surface area contributed by atoms with Crippen molar-refractivity contribution >= 4 is 11.7 Å². The first-order valence-corrected chi connectivity index (χ1v) is 4.37. The number of anilines is 1. The van der Waals surface area contributed by atoms with E-state index in [1.54, 1.807) is 6.20 Å². The molecular formula is C12H15NO2. The molecule has 0 saturated carbocycles. The van der Waals surface area contributed by atoms with Crippen LogP contribution in [0.15, 0.2) is 55.8 Å². The van der Waals surface area contributed by atoms with Crippen LogP contribution in [0.25, 0.3) is 0 Å². The molecule has 0 heterocycles. The van der Waals surface area contributed by atoms with Gasteiger partial charge >= 0.3 is 5.97 Å². The molecule has 0 radical (unpaired) electrons. The van der Waals surface area contributed by atoms with Gasteiger partial charge in [0.15, 0.2) is 0 Å². The first-order valence-electron chi connectivity index (χ1n) is 4.37. The highest BCUT2D eigenvalue weighted by atomic mass is 16.4. The molecule has 80 valence electrons. The second-order valence-electron chi connectivity index (χ2n) is 2.67. The van der Waals surface area contributed by atoms with Crippen LogP contribution in [0.2, 0.25) is 0 Å². The largest absolute Gasteiger partial charge is 0.478 e. The molecule has 1 rings (SSSR count). The second-order valence-corrected chi connectivity index (χ2v) is 2.67. The lowest BCUT2D eigenvalue weighted by atomic mass is 10.3. The molecule has 0 aliphatic carbocycles. The zero-order valence-electron chi connectivity index (χ0n) is 8.76. The van der Waals surface area contributed by atoms with Crippen LogP contribution >= 0.6 is 0 Å². The lowest BCUT2D eigenvalue weighted by Gasteiger charge is -2.11. The summed E-state index contributed by atoms with van der Waals surface area (Å²) in [7, 11) is 1.97. The molecule has 0 aliphatic heterocycles. The van der Waals surface area contributed by atoms with Crippen LogP contribution in [-0.2, 0) is 4.79 Å². The smallest absolute Gasteiger partial charge is 0.327 e. The van der Waals surface area contributed by atoms with Crippen LogP contribution in [0.3, 0.4) is 0 Å². The van der Waals surface area contributed by atoms with Gasteiger partial charge in [0.05, 0.1) is 0 Å². The van der Waals surface area contributed by atoms with E-state index in [0.717, 1.165) is 11.8 Å². The number of carboxylic acids is 1. The minimum Gasteiger partial charge on any atom is -0.478 e. The summed E-state index contributed by atoms with van der Waals surface area (Å²) in [5.74, 6) is -0.981. The number of aliphatic carboxylic acids is 1. The number of nitrogens with zero attached hydrogens (tertiary/aromatic N) is 1. The molecular weight excluding hydrogens is 190 g/mol. The highest BCUT2D eigenvalue weighted by Gasteiger charge is 1.90. The Hall–Kier alpha value is -2.03. The summed E-state index contributed by atoms with van der Waals surface area (Å²) in [5.41, 5.74) is 1.16. The number of carboxylic acid groups (broad SMARTS) is 1. The van der Waals surface area contributed by atoms with Gasteiger partial charge in [0.1, 0.15) is 0 Å². The molecule has 0 amide bonds. The highest BCUT2D eigenvalue weighted by molar-refractivity contribution is 5.78. The van der Waals surface area contributed by atoms with Gasteiger partial charge in [-0.15, -0.1) is 0 Å². The van der Waals surface area contributed by atoms with E-state index in [2.05, 4.69) is 13.2 Å². The fourth-order valence-corrected chi connectivity index (χ4v) is 0.769. The van der Waals surface area contributed by atoms with E-state index in [9.17, 15) is 4.79 Å². The van der Waals surface area contributed by atoms with Gasteiger partial charge in [-0.1, -0.05) is 31.4 Å². The number of carbonyl (C=O) groups is 1. The van der Waals surface area contributed by atoms with E-state index in [-0.39, 0.29) is 0 Å². The van der Waals surface area contributed by atoms with Gasteiger partial charge in [-0.3, -0.25) is 0 Å². The predicted octanol–water partition coefficient (Wildman–Crippen LogP) is 2.52. The molecule has 0 aromatic heterocycles. The fourth-order valence-electron chi connectivity index (χ4n) is 0.769. The van der Waals surface area contributed by atoms with Gasteiger partial charge < -0.3 is 10.0 Å². The average molecular weight is 205 g/mol. The van der Waals surface area contributed by atoms with Crippen molar-refractivity contribution in [1.82, 2.24) is 0 Å². The van der Waals surface area contributed by atoms with Crippen molar-refractivity contribution in [3.05, 3.63) is 55.8 Å². The molecule has 0 fully saturated rings. The maximum absolute atomic E-state index is 9.25. The van der Waals surface area contributed by atoms with Crippen LogP contribution in [0.1, 0.15) is 0 Å². The van der Waals surface area contributed by atoms with E-state index in [1.165, 1.54) is 0 Å². The SMILES string of the molecule is C=CC(=O)O.C=CN(C)c1ccccc1. The van der Waals surface area contributed by atoms with Crippen molar-refractivity contribution < 1.29 is 9.90 Å². The first kappa shape index (κ1) is 13.0. The third-order valence-electron chi connectivity index (χ3n) is 1.61. The van der Waals surface area contributed by atoms with Gasteiger partial charge in [-0.2, -0.15) is 0 Å². The van der Waals surface area contributed by atoms with Crippen LogP contribution in [-0.4, -0.2) is 18.1 Å². The molecule has 1 aromatic carbocycles. The Morgan fingerprint density at radius 2 is 1.80 bits per heavy atom. The Kier molecular flexibility index (Phi) is 6.38. The van der Waals surface area contributed by atoms with Crippen molar-refractivity contribution in [2.24, 2.45) is 0 Å². The van der Waals surface area contributed by atoms with Crippen LogP contribution in [0.4, 0.5) is 5.69 Å². The fraction of sp³-hybridized carbons (Fsp3) is 0.0833. The minimum absolute atomic E-state index is 0.833. The Morgan fingerprint density at radius 1 is 1.33 bits per heavy atom. The molecule has 1 aromatic rings. The molecule has 0 unspecified atom stereocenters. The van der Waals surface area contributed by atoms with Crippen LogP contribution in [0, 0.1) is 0 Å². The monoisotopic (exact) mass is 205 g/mol. The molecule has 0 bridgehead atoms. The predicted molar refractivity (Wildman–Crippen MR) is 62.9 cm³/mol. The number of benzene rings is 1. The van der Waals surface area contributed by atoms with Crippen LogP contribution in [0.5, 0.6) is 0 Å². The summed E-state index contributed by atoms with van der Waals surface area (Å²) in [6, 6.07) is 10.1. The van der Waals surface area contributed by atoms with Crippen molar-refractivity contribution in [3.63, 3.8) is 0 Å². The summed E-state index contributed by atoms with van der Waals surface area (Å²) in [5, 5.41) is 7.60. The Morgan fingerprint density at radius 3 is 2.13 bits per heavy atom. The highest BCUT2D eigenvalue weighted by Crippen LogP contribution is 2.09. The third-order valence-corrected chi connectivity index (χ3v) is 1.61. The van der Waals surface area contributed by atoms with E-state index >= 15 is 0 Å². The first-order chi connectivity index (χ1) is 7.11. The molecule has 1 N–H and O–H groups in total. The topological polar surface area (TPSA) is 40.5 Å². The van der Waals surface area contributed by atoms with E-state index < -0.39 is 5.97 Å². The molecule has 3 heteroatoms. The number of hydrogen-bond donors (Lipinski definition) is 1. The quantitative estimate of drug-likeness (QED) is 0.771. The third kappa shape index (κ3) is 6.10. The normalized spacial score (nSPS) is 8.07. The van der Waals surface area contributed by atoms with Crippen LogP contribution < -0.4 is 4.90 Å². The Labute approximate surface area is 90.0 Å². The van der Waals surface area contributed by atoms with Crippen molar-refractivity contribution in [1.29, 1.82) is 0 Å². The summed E-state index contributed by atoms with van der Waals surface area (Å²) in [6.45, 7) is 6.62. The van der Waals surface area contributed by atoms with Gasteiger partial charge in [0, 0.05) is 18.8 Å². The number of rotatable bonds is 3. The summed E-state index contributed by atoms with van der Waals surface area (Å²) >= 11 is 0. The van der Waals surface area contributed by atoms with Crippen molar-refractivity contribution in [2.75, 3.05) is 11.9 Å². The summed E-state index contributed by atoms with van der Waals surface area (Å²) in [6.07, 6.45) is 2.62. The summed E-state index contributed by atoms with van der Waals surface area (Å²) in [4.78, 5) is 11.2. The van der Waals surface area contributed by atoms with Crippen molar-refractivity contribution in [2.45, 2.75) is 0 Å². The number of hydrogen-bond acceptors (Lipinski definition) is 2. The van der Waals surface area contributed by atoms with E-state index in [4.69, 9.17) is 5.11 Å². The Balaban J connectivity index is 0.000000336. The van der Waals surface area contributed by atoms with Gasteiger partial charge in [0.25, 0.3) is 0 Å². The van der Waals surface area contributed by atoms with Gasteiger partial charge in [-0.25, -0.2) is 4.79 Å². The standard InChI is InChI=1S/C9H11N.C3H4O2/c1-3-10(2)9-7-5-4-6-8-9;1-2-3(4)5/h3-8H,1H2,2H3;2H,1H2,(H,4,5). The molecule has 15 heavy (non-hydrogen) atoms. The molecule has 0 saturated heterocycles. The average Bonchev–Trinajstić information content (AvgIpc) is 2.30. The lowest BCUT2D eigenvalue weighted by Crippen LogP contribution is -2.05. The summed E-state index contributed by atoms with van der Waals surface area (Å²) < 4.78 is 0. The zero-order chi connectivity index (χ0) is 11.7. The van der Waals surface area contributed by atoms with Gasteiger partial charge in [-0.05, 0) is 18.3 Å². The zero-order valence-corrected chi connectivity index (χ0v) is 8.76. The Bertz CT molecular complexity index is 320. The minimum atomic E-state index is -0.981. The molecule has 0 atom stereocenters. The maximum Gasteiger partial charge on any atom is 0.327 e. The number of para-hydroxylation sites is 1. The van der Waals surface area contributed by atoms with Gasteiger partial charge in [0.2, 0.25) is 0 Å². The van der Waals surface area contributed by atoms with E-state index in [0.29, 0.717) is 0 Å². The molecule has 0 aliphatic rings. The lowest BCUT2D eigenvalue weighted by molar-refractivity contribution is -0.131. The second kappa shape index (κ2) is 7.38. The molecule has 3 nitrogen and oxygen atoms in total. The van der Waals surface area contributed by atoms with Crippen molar-refractivity contribution in [3.8, 4) is 0 Å². The maximum atomic E-state index is 9.25.